The number of hydrogen-bond acceptors (Lipinski definition) is 1. The van der Waals surface area contributed by atoms with Crippen molar-refractivity contribution in [2.24, 2.45) is 0 Å². The van der Waals surface area contributed by atoms with Gasteiger partial charge in [0.2, 0.25) is 0 Å². The van der Waals surface area contributed by atoms with Crippen molar-refractivity contribution in [1.29, 1.82) is 0 Å². The fourth-order valence-electron chi connectivity index (χ4n) is 5.25. The monoisotopic (exact) mass is 540 g/mol. The van der Waals surface area contributed by atoms with E-state index in [4.69, 9.17) is 23.6 Å². The number of furan rings is 1. The number of benzene rings is 7. The topological polar surface area (TPSA) is 13.1 Å². The average Bonchev–Trinajstić information content (AvgIpc) is 3.61. The predicted molar refractivity (Wildman–Crippen MR) is 173 cm³/mol. The van der Waals surface area contributed by atoms with E-state index < -0.39 is 153 Å². The van der Waals surface area contributed by atoms with Gasteiger partial charge in [0.05, 0.1) is 24.7 Å². The van der Waals surface area contributed by atoms with E-state index in [1.165, 1.54) is 0 Å². The van der Waals surface area contributed by atoms with E-state index in [-0.39, 0.29) is 22.1 Å². The lowest BCUT2D eigenvalue weighted by Crippen LogP contribution is -1.91. The molecule has 0 fully saturated rings. The molecule has 0 saturated heterocycles. The summed E-state index contributed by atoms with van der Waals surface area (Å²) in [6.45, 7) is 0. The van der Waals surface area contributed by atoms with Gasteiger partial charge in [-0.1, -0.05) is 157 Å². The summed E-state index contributed by atoms with van der Waals surface area (Å²) < 4.78 is 166. The van der Waals surface area contributed by atoms with Gasteiger partial charge in [-0.05, 0) is 38.2 Å². The van der Waals surface area contributed by atoms with Crippen LogP contribution < -0.4 is 0 Å². The zero-order valence-electron chi connectivity index (χ0n) is 39.0. The molecule has 1 heteroatoms. The van der Waals surface area contributed by atoms with Crippen LogP contribution in [0.15, 0.2) is 162 Å². The summed E-state index contributed by atoms with van der Waals surface area (Å²) in [5.41, 5.74) is -0.840. The lowest BCUT2D eigenvalue weighted by atomic mass is 9.84. The van der Waals surface area contributed by atoms with Crippen LogP contribution in [0.1, 0.15) is 24.7 Å². The average molecular weight is 541 g/mol. The van der Waals surface area contributed by atoms with E-state index >= 15 is 0 Å². The fourth-order valence-corrected chi connectivity index (χ4v) is 5.25. The number of para-hydroxylation sites is 1. The van der Waals surface area contributed by atoms with Crippen LogP contribution in [0.4, 0.5) is 0 Å². The molecule has 0 amide bonds. The second kappa shape index (κ2) is 9.66. The van der Waals surface area contributed by atoms with Gasteiger partial charge in [-0.25, -0.2) is 0 Å². The standard InChI is InChI=1S/C40H26O/c1-4-15-27(16-5-1)30-25-14-26-35-38(39(41-40(30)35)29-19-8-3-9-20-29)37-33-23-12-10-21-31(33)36(28-17-6-2-7-18-28)32-22-11-13-24-34(32)37/h1-26H/i2D,3D,6D,7D,8D,9D,10D,11D,12D,13D,17D,18D,19D,20D,21D,22D,23D,24D. The first kappa shape index (κ1) is 11.6. The van der Waals surface area contributed by atoms with Crippen molar-refractivity contribution in [2.45, 2.75) is 0 Å². The highest BCUT2D eigenvalue weighted by atomic mass is 16.3. The van der Waals surface area contributed by atoms with E-state index in [1.807, 2.05) is 0 Å². The minimum Gasteiger partial charge on any atom is -0.455 e. The van der Waals surface area contributed by atoms with Gasteiger partial charge in [-0.3, -0.25) is 0 Å². The highest BCUT2D eigenvalue weighted by Gasteiger charge is 2.25. The van der Waals surface area contributed by atoms with Crippen molar-refractivity contribution < 1.29 is 29.1 Å². The minimum absolute atomic E-state index is 0.0909. The summed E-state index contributed by atoms with van der Waals surface area (Å²) in [6.07, 6.45) is 0. The summed E-state index contributed by atoms with van der Waals surface area (Å²) in [5.74, 6) is -0.390. The van der Waals surface area contributed by atoms with Gasteiger partial charge in [0, 0.05) is 27.6 Å². The van der Waals surface area contributed by atoms with Crippen molar-refractivity contribution >= 4 is 32.5 Å². The SMILES string of the molecule is [2H]c1c([2H])c([2H])c(-c2oc3c(-c4ccccc4)cccc3c2-c2c3c([2H])c([2H])c([2H])c([2H])c3c(-c3c([2H])c([2H])c([2H])c([2H])c3[2H])c3c([2H])c([2H])c([2H])c([2H])c23)c([2H])c1[2H]. The van der Waals surface area contributed by atoms with Gasteiger partial charge in [-0.15, -0.1) is 0 Å². The van der Waals surface area contributed by atoms with E-state index in [0.717, 1.165) is 0 Å². The summed E-state index contributed by atoms with van der Waals surface area (Å²) in [4.78, 5) is 0. The maximum Gasteiger partial charge on any atom is 0.143 e. The Bertz CT molecular complexity index is 3050. The number of rotatable bonds is 4. The van der Waals surface area contributed by atoms with Crippen LogP contribution in [-0.4, -0.2) is 0 Å². The molecule has 0 aliphatic rings. The van der Waals surface area contributed by atoms with E-state index in [9.17, 15) is 5.48 Å². The molecule has 0 radical (unpaired) electrons. The fraction of sp³-hybridized carbons (Fsp3) is 0. The Labute approximate surface area is 264 Å². The highest BCUT2D eigenvalue weighted by Crippen LogP contribution is 2.50. The van der Waals surface area contributed by atoms with Crippen LogP contribution in [0, 0.1) is 0 Å². The first-order valence-electron chi connectivity index (χ1n) is 21.6. The van der Waals surface area contributed by atoms with E-state index in [0.29, 0.717) is 11.1 Å². The third-order valence-electron chi connectivity index (χ3n) is 6.90. The molecule has 8 rings (SSSR count). The maximum atomic E-state index is 9.42. The molecule has 0 unspecified atom stereocenters. The van der Waals surface area contributed by atoms with Gasteiger partial charge in [0.15, 0.2) is 0 Å². The Kier molecular flexibility index (Phi) is 2.73. The van der Waals surface area contributed by atoms with Crippen molar-refractivity contribution in [1.82, 2.24) is 0 Å². The molecule has 1 nitrogen and oxygen atoms in total. The van der Waals surface area contributed by atoms with Crippen molar-refractivity contribution in [3.05, 3.63) is 157 Å². The molecule has 1 heterocycles. The second-order valence-corrected chi connectivity index (χ2v) is 9.10. The zero-order valence-corrected chi connectivity index (χ0v) is 21.0. The Balaban J connectivity index is 1.77. The molecule has 0 saturated carbocycles. The summed E-state index contributed by atoms with van der Waals surface area (Å²) in [6, 6.07) is -0.135. The van der Waals surface area contributed by atoms with Crippen LogP contribution >= 0.6 is 0 Å². The molecule has 0 atom stereocenters. The largest absolute Gasteiger partial charge is 0.455 e. The van der Waals surface area contributed by atoms with Crippen molar-refractivity contribution in [3.63, 3.8) is 0 Å². The maximum absolute atomic E-state index is 9.42. The van der Waals surface area contributed by atoms with Crippen molar-refractivity contribution in [2.75, 3.05) is 0 Å². The number of hydrogen-bond donors (Lipinski definition) is 0. The molecule has 0 N–H and O–H groups in total. The summed E-state index contributed by atoms with van der Waals surface area (Å²) in [5, 5.41) is -1.62. The van der Waals surface area contributed by atoms with Crippen molar-refractivity contribution in [3.8, 4) is 44.7 Å². The lowest BCUT2D eigenvalue weighted by Gasteiger charge is -2.18. The van der Waals surface area contributed by atoms with Crippen LogP contribution in [0.2, 0.25) is 0 Å². The first-order valence-corrected chi connectivity index (χ1v) is 12.6. The van der Waals surface area contributed by atoms with Gasteiger partial charge >= 0.3 is 0 Å². The third kappa shape index (κ3) is 3.78. The van der Waals surface area contributed by atoms with Gasteiger partial charge in [0.1, 0.15) is 11.3 Å². The Morgan fingerprint density at radius 2 is 0.927 bits per heavy atom. The highest BCUT2D eigenvalue weighted by molar-refractivity contribution is 6.25. The molecular formula is C40H26O. The molecule has 8 aromatic rings. The van der Waals surface area contributed by atoms with E-state index in [2.05, 4.69) is 0 Å². The first-order chi connectivity index (χ1) is 27.8. The van der Waals surface area contributed by atoms with Crippen LogP contribution in [0.25, 0.3) is 77.2 Å². The summed E-state index contributed by atoms with van der Waals surface area (Å²) >= 11 is 0. The molecular weight excluding hydrogens is 496 g/mol. The van der Waals surface area contributed by atoms with Gasteiger partial charge < -0.3 is 4.42 Å². The quantitative estimate of drug-likeness (QED) is 0.202. The Morgan fingerprint density at radius 3 is 1.54 bits per heavy atom. The Morgan fingerprint density at radius 1 is 0.390 bits per heavy atom. The van der Waals surface area contributed by atoms with Crippen LogP contribution in [0.3, 0.4) is 0 Å². The normalized spacial score (nSPS) is 17.6. The molecule has 0 bridgehead atoms. The zero-order chi connectivity index (χ0) is 42.8. The number of fused-ring (bicyclic) bond motifs is 3. The van der Waals surface area contributed by atoms with Crippen LogP contribution in [0.5, 0.6) is 0 Å². The second-order valence-electron chi connectivity index (χ2n) is 9.10. The molecule has 0 aliphatic heterocycles. The molecule has 192 valence electrons. The molecule has 7 aromatic carbocycles. The van der Waals surface area contributed by atoms with Gasteiger partial charge in [0.25, 0.3) is 0 Å². The van der Waals surface area contributed by atoms with E-state index in [1.54, 1.807) is 48.5 Å². The smallest absolute Gasteiger partial charge is 0.143 e. The Hall–Kier alpha value is -5.40. The summed E-state index contributed by atoms with van der Waals surface area (Å²) in [7, 11) is 0. The lowest BCUT2D eigenvalue weighted by molar-refractivity contribution is 0.633. The molecule has 0 aliphatic carbocycles. The van der Waals surface area contributed by atoms with Gasteiger partial charge in [-0.2, -0.15) is 0 Å². The van der Waals surface area contributed by atoms with Crippen LogP contribution in [-0.2, 0) is 0 Å². The molecule has 0 spiro atoms. The predicted octanol–water partition coefficient (Wildman–Crippen LogP) is 11.4. The minimum atomic E-state index is -0.814. The third-order valence-corrected chi connectivity index (χ3v) is 6.90. The molecule has 41 heavy (non-hydrogen) atoms. The molecule has 1 aromatic heterocycles.